The van der Waals surface area contributed by atoms with Crippen molar-refractivity contribution >= 4 is 12.2 Å². The lowest BCUT2D eigenvalue weighted by molar-refractivity contribution is 0.0607. The SMILES string of the molecule is CC=Cc1ccc(OCC(O)COc2ccc(C=CC)cc2OC)c(OC)c1. The highest BCUT2D eigenvalue weighted by Gasteiger charge is 2.12. The predicted molar refractivity (Wildman–Crippen MR) is 112 cm³/mol. The summed E-state index contributed by atoms with van der Waals surface area (Å²) in [5.41, 5.74) is 2.04. The molecule has 5 nitrogen and oxygen atoms in total. The average Bonchev–Trinajstić information content (AvgIpc) is 2.72. The first kappa shape index (κ1) is 21.4. The lowest BCUT2D eigenvalue weighted by atomic mass is 10.2. The molecule has 0 aromatic heterocycles. The number of hydrogen-bond donors (Lipinski definition) is 1. The molecule has 0 fully saturated rings. The molecule has 1 N–H and O–H groups in total. The van der Waals surface area contributed by atoms with Crippen LogP contribution in [0.5, 0.6) is 23.0 Å². The van der Waals surface area contributed by atoms with Crippen molar-refractivity contribution in [2.75, 3.05) is 27.4 Å². The molecular formula is C23H28O5. The molecule has 2 aromatic carbocycles. The van der Waals surface area contributed by atoms with Crippen molar-refractivity contribution in [1.29, 1.82) is 0 Å². The fourth-order valence-corrected chi connectivity index (χ4v) is 2.62. The van der Waals surface area contributed by atoms with Crippen molar-refractivity contribution in [3.05, 3.63) is 59.7 Å². The highest BCUT2D eigenvalue weighted by molar-refractivity contribution is 5.56. The molecule has 0 saturated heterocycles. The Kier molecular flexibility index (Phi) is 8.43. The lowest BCUT2D eigenvalue weighted by Gasteiger charge is -2.17. The largest absolute Gasteiger partial charge is 0.493 e. The highest BCUT2D eigenvalue weighted by atomic mass is 16.5. The number of hydrogen-bond acceptors (Lipinski definition) is 5. The first-order chi connectivity index (χ1) is 13.6. The second-order valence-corrected chi connectivity index (χ2v) is 6.10. The van der Waals surface area contributed by atoms with Gasteiger partial charge in [0, 0.05) is 0 Å². The topological polar surface area (TPSA) is 57.2 Å². The predicted octanol–water partition coefficient (Wildman–Crippen LogP) is 4.59. The van der Waals surface area contributed by atoms with Crippen LogP contribution in [0.25, 0.3) is 12.2 Å². The smallest absolute Gasteiger partial charge is 0.161 e. The molecule has 2 rings (SSSR count). The zero-order valence-electron chi connectivity index (χ0n) is 16.8. The van der Waals surface area contributed by atoms with E-state index in [1.807, 2.05) is 74.5 Å². The van der Waals surface area contributed by atoms with Crippen LogP contribution < -0.4 is 18.9 Å². The minimum atomic E-state index is -0.806. The van der Waals surface area contributed by atoms with Crippen molar-refractivity contribution in [2.24, 2.45) is 0 Å². The number of aliphatic hydroxyl groups excluding tert-OH is 1. The quantitative estimate of drug-likeness (QED) is 0.649. The molecule has 0 unspecified atom stereocenters. The zero-order chi connectivity index (χ0) is 20.4. The second-order valence-electron chi connectivity index (χ2n) is 6.10. The van der Waals surface area contributed by atoms with Gasteiger partial charge in [-0.1, -0.05) is 36.4 Å². The van der Waals surface area contributed by atoms with Gasteiger partial charge in [-0.2, -0.15) is 0 Å². The van der Waals surface area contributed by atoms with E-state index in [2.05, 4.69) is 0 Å². The maximum Gasteiger partial charge on any atom is 0.161 e. The molecule has 0 atom stereocenters. The zero-order valence-corrected chi connectivity index (χ0v) is 16.8. The summed E-state index contributed by atoms with van der Waals surface area (Å²) in [6.45, 7) is 4.07. The van der Waals surface area contributed by atoms with Crippen LogP contribution in [0.4, 0.5) is 0 Å². The average molecular weight is 384 g/mol. The number of methoxy groups -OCH3 is 2. The summed E-state index contributed by atoms with van der Waals surface area (Å²) in [6.07, 6.45) is 7.05. The molecule has 0 aliphatic heterocycles. The molecule has 0 spiro atoms. The van der Waals surface area contributed by atoms with Crippen molar-refractivity contribution in [2.45, 2.75) is 20.0 Å². The van der Waals surface area contributed by atoms with Gasteiger partial charge < -0.3 is 24.1 Å². The second kappa shape index (κ2) is 11.0. The third-order valence-electron chi connectivity index (χ3n) is 3.96. The van der Waals surface area contributed by atoms with Crippen LogP contribution >= 0.6 is 0 Å². The van der Waals surface area contributed by atoms with E-state index >= 15 is 0 Å². The fraction of sp³-hybridized carbons (Fsp3) is 0.304. The maximum absolute atomic E-state index is 10.2. The van der Waals surface area contributed by atoms with Gasteiger partial charge in [0.05, 0.1) is 14.2 Å². The minimum absolute atomic E-state index is 0.0816. The fourth-order valence-electron chi connectivity index (χ4n) is 2.62. The van der Waals surface area contributed by atoms with E-state index in [0.717, 1.165) is 11.1 Å². The summed E-state index contributed by atoms with van der Waals surface area (Å²) in [5, 5.41) is 10.2. The van der Waals surface area contributed by atoms with Gasteiger partial charge in [0.1, 0.15) is 19.3 Å². The molecule has 0 aliphatic carbocycles. The van der Waals surface area contributed by atoms with Crippen LogP contribution in [0.1, 0.15) is 25.0 Å². The molecule has 0 amide bonds. The summed E-state index contributed by atoms with van der Waals surface area (Å²) in [7, 11) is 3.18. The Labute approximate surface area is 166 Å². The molecule has 5 heteroatoms. The van der Waals surface area contributed by atoms with E-state index < -0.39 is 6.10 Å². The summed E-state index contributed by atoms with van der Waals surface area (Å²) in [6, 6.07) is 11.3. The number of allylic oxidation sites excluding steroid dienone is 2. The van der Waals surface area contributed by atoms with Crippen molar-refractivity contribution in [3.63, 3.8) is 0 Å². The third kappa shape index (κ3) is 6.06. The van der Waals surface area contributed by atoms with Crippen LogP contribution in [-0.2, 0) is 0 Å². The van der Waals surface area contributed by atoms with Crippen molar-refractivity contribution in [1.82, 2.24) is 0 Å². The van der Waals surface area contributed by atoms with Crippen LogP contribution in [0.3, 0.4) is 0 Å². The van der Waals surface area contributed by atoms with Gasteiger partial charge in [-0.3, -0.25) is 0 Å². The van der Waals surface area contributed by atoms with Gasteiger partial charge in [0.25, 0.3) is 0 Å². The Morgan fingerprint density at radius 2 is 1.18 bits per heavy atom. The summed E-state index contributed by atoms with van der Waals surface area (Å²) in [5.74, 6) is 2.38. The molecule has 150 valence electrons. The van der Waals surface area contributed by atoms with Gasteiger partial charge in [-0.25, -0.2) is 0 Å². The number of ether oxygens (including phenoxy) is 4. The van der Waals surface area contributed by atoms with E-state index in [0.29, 0.717) is 23.0 Å². The van der Waals surface area contributed by atoms with Crippen molar-refractivity contribution in [3.8, 4) is 23.0 Å². The van der Waals surface area contributed by atoms with E-state index in [1.54, 1.807) is 14.2 Å². The van der Waals surface area contributed by atoms with Crippen LogP contribution in [-0.4, -0.2) is 38.6 Å². The Morgan fingerprint density at radius 1 is 0.750 bits per heavy atom. The van der Waals surface area contributed by atoms with Crippen LogP contribution in [0.15, 0.2) is 48.6 Å². The van der Waals surface area contributed by atoms with Gasteiger partial charge in [0.2, 0.25) is 0 Å². The molecule has 0 saturated carbocycles. The Hall–Kier alpha value is -2.92. The van der Waals surface area contributed by atoms with E-state index in [-0.39, 0.29) is 13.2 Å². The monoisotopic (exact) mass is 384 g/mol. The first-order valence-electron chi connectivity index (χ1n) is 9.16. The first-order valence-corrected chi connectivity index (χ1v) is 9.16. The highest BCUT2D eigenvalue weighted by Crippen LogP contribution is 2.30. The summed E-state index contributed by atoms with van der Waals surface area (Å²) in [4.78, 5) is 0. The number of benzene rings is 2. The number of rotatable bonds is 10. The Bertz CT molecular complexity index is 743. The Balaban J connectivity index is 1.93. The van der Waals surface area contributed by atoms with E-state index in [4.69, 9.17) is 18.9 Å². The molecule has 2 aromatic rings. The Morgan fingerprint density at radius 3 is 1.54 bits per heavy atom. The summed E-state index contributed by atoms with van der Waals surface area (Å²) < 4.78 is 22.1. The van der Waals surface area contributed by atoms with Gasteiger partial charge in [-0.05, 0) is 49.2 Å². The third-order valence-corrected chi connectivity index (χ3v) is 3.96. The molecule has 0 radical (unpaired) electrons. The van der Waals surface area contributed by atoms with E-state index in [9.17, 15) is 5.11 Å². The molecule has 0 aliphatic rings. The molecular weight excluding hydrogens is 356 g/mol. The number of aliphatic hydroxyl groups is 1. The van der Waals surface area contributed by atoms with Crippen LogP contribution in [0.2, 0.25) is 0 Å². The molecule has 0 heterocycles. The lowest BCUT2D eigenvalue weighted by Crippen LogP contribution is -2.25. The molecule has 0 bridgehead atoms. The minimum Gasteiger partial charge on any atom is -0.493 e. The summed E-state index contributed by atoms with van der Waals surface area (Å²) >= 11 is 0. The van der Waals surface area contributed by atoms with Gasteiger partial charge in [0.15, 0.2) is 23.0 Å². The van der Waals surface area contributed by atoms with Crippen molar-refractivity contribution < 1.29 is 24.1 Å². The maximum atomic E-state index is 10.2. The molecule has 28 heavy (non-hydrogen) atoms. The standard InChI is InChI=1S/C23H28O5/c1-5-7-17-9-11-20(22(13-17)25-3)27-15-19(24)16-28-21-12-10-18(8-6-2)14-23(21)26-4/h5-14,19,24H,15-16H2,1-4H3. The normalized spacial score (nSPS) is 12.3. The van der Waals surface area contributed by atoms with Gasteiger partial charge >= 0.3 is 0 Å². The van der Waals surface area contributed by atoms with E-state index in [1.165, 1.54) is 0 Å². The van der Waals surface area contributed by atoms with Gasteiger partial charge in [-0.15, -0.1) is 0 Å². The van der Waals surface area contributed by atoms with Crippen LogP contribution in [0, 0.1) is 0 Å².